The molecule has 0 spiro atoms. The highest BCUT2D eigenvalue weighted by molar-refractivity contribution is 9.09. The van der Waals surface area contributed by atoms with E-state index in [2.05, 4.69) is 108 Å². The van der Waals surface area contributed by atoms with Crippen molar-refractivity contribution in [3.05, 3.63) is 47.1 Å². The van der Waals surface area contributed by atoms with Gasteiger partial charge in [0.2, 0.25) is 0 Å². The molecule has 194 valence electrons. The fourth-order valence-electron chi connectivity index (χ4n) is 8.61. The molecule has 0 bridgehead atoms. The fraction of sp³-hybridized carbons (Fsp3) is 0.688. The summed E-state index contributed by atoms with van der Waals surface area (Å²) >= 11 is 3.64. The van der Waals surface area contributed by atoms with E-state index in [0.717, 1.165) is 17.0 Å². The summed E-state index contributed by atoms with van der Waals surface area (Å²) in [7, 11) is -1.94. The van der Waals surface area contributed by atoms with Crippen LogP contribution in [-0.4, -0.2) is 13.6 Å². The van der Waals surface area contributed by atoms with Crippen molar-refractivity contribution < 1.29 is 4.43 Å². The van der Waals surface area contributed by atoms with Gasteiger partial charge in [-0.2, -0.15) is 0 Å². The average molecular weight is 558 g/mol. The van der Waals surface area contributed by atoms with Crippen molar-refractivity contribution in [3.63, 3.8) is 0 Å². The van der Waals surface area contributed by atoms with Gasteiger partial charge in [0.1, 0.15) is 5.75 Å². The normalized spacial score (nSPS) is 28.7. The SMILES string of the molecule is CC(C)[Si](Oc1ccc2c(c1)C=C[C@@H]1[C@@H]2CC[C@]2(C)C([C@H](C)CCCBr)=CC[C@@H]12)(C(C)C)C(C)C. The van der Waals surface area contributed by atoms with Gasteiger partial charge >= 0.3 is 0 Å². The number of allylic oxidation sites excluding steroid dienone is 3. The Kier molecular flexibility index (Phi) is 8.19. The lowest BCUT2D eigenvalue weighted by Gasteiger charge is -2.49. The molecule has 0 radical (unpaired) electrons. The van der Waals surface area contributed by atoms with Crippen LogP contribution < -0.4 is 4.43 Å². The summed E-state index contributed by atoms with van der Waals surface area (Å²) in [6, 6.07) is 7.10. The van der Waals surface area contributed by atoms with E-state index in [-0.39, 0.29) is 0 Å². The van der Waals surface area contributed by atoms with Gasteiger partial charge in [0, 0.05) is 5.33 Å². The minimum atomic E-state index is -1.94. The largest absolute Gasteiger partial charge is 0.543 e. The van der Waals surface area contributed by atoms with Crippen LogP contribution >= 0.6 is 15.9 Å². The number of benzene rings is 1. The molecule has 4 rings (SSSR count). The lowest BCUT2D eigenvalue weighted by molar-refractivity contribution is 0.105. The first-order valence-corrected chi connectivity index (χ1v) is 17.6. The van der Waals surface area contributed by atoms with Gasteiger partial charge in [-0.1, -0.05) is 101 Å². The third kappa shape index (κ3) is 4.67. The molecular weight excluding hydrogens is 508 g/mol. The number of halogens is 1. The zero-order valence-electron chi connectivity index (χ0n) is 23.5. The maximum atomic E-state index is 7.04. The first-order valence-electron chi connectivity index (χ1n) is 14.3. The summed E-state index contributed by atoms with van der Waals surface area (Å²) in [6.45, 7) is 19.3. The summed E-state index contributed by atoms with van der Waals surface area (Å²) in [4.78, 5) is 0. The first kappa shape index (κ1) is 27.2. The molecular formula is C32H49BrOSi. The molecule has 5 atom stereocenters. The number of alkyl halides is 1. The van der Waals surface area contributed by atoms with Crippen LogP contribution in [0.5, 0.6) is 5.75 Å². The lowest BCUT2D eigenvalue weighted by Crippen LogP contribution is -2.50. The van der Waals surface area contributed by atoms with Gasteiger partial charge in [0.05, 0.1) is 0 Å². The van der Waals surface area contributed by atoms with Crippen LogP contribution in [0.25, 0.3) is 6.08 Å². The predicted molar refractivity (Wildman–Crippen MR) is 159 cm³/mol. The molecule has 0 unspecified atom stereocenters. The molecule has 0 aliphatic heterocycles. The second kappa shape index (κ2) is 10.5. The zero-order chi connectivity index (χ0) is 25.5. The van der Waals surface area contributed by atoms with E-state index in [1.54, 1.807) is 11.1 Å². The van der Waals surface area contributed by atoms with Crippen molar-refractivity contribution in [2.45, 2.75) is 110 Å². The molecule has 0 saturated heterocycles. The van der Waals surface area contributed by atoms with Crippen LogP contribution in [-0.2, 0) is 0 Å². The van der Waals surface area contributed by atoms with Crippen LogP contribution in [0.3, 0.4) is 0 Å². The molecule has 1 saturated carbocycles. The third-order valence-electron chi connectivity index (χ3n) is 10.2. The second-order valence-electron chi connectivity index (χ2n) is 12.9. The van der Waals surface area contributed by atoms with Crippen LogP contribution in [0.1, 0.15) is 105 Å². The molecule has 0 aromatic heterocycles. The molecule has 3 heteroatoms. The molecule has 1 nitrogen and oxygen atoms in total. The van der Waals surface area contributed by atoms with E-state index in [4.69, 9.17) is 4.43 Å². The zero-order valence-corrected chi connectivity index (χ0v) is 26.1. The first-order chi connectivity index (χ1) is 16.6. The maximum absolute atomic E-state index is 7.04. The summed E-state index contributed by atoms with van der Waals surface area (Å²) < 4.78 is 7.04. The molecule has 1 aromatic rings. The topological polar surface area (TPSA) is 9.23 Å². The van der Waals surface area contributed by atoms with E-state index < -0.39 is 8.32 Å². The van der Waals surface area contributed by atoms with Crippen LogP contribution in [0.15, 0.2) is 35.9 Å². The Balaban J connectivity index is 1.57. The molecule has 3 aliphatic carbocycles. The number of hydrogen-bond acceptors (Lipinski definition) is 1. The molecule has 1 aromatic carbocycles. The standard InChI is InChI=1S/C32H49BrOSi/c1-21(2)35(22(3)4,23(5)6)34-26-12-14-27-25(20-26)11-13-29-28(27)17-18-32(8)30(15-16-31(29)32)24(7)10-9-19-33/h11-15,20-24,28-29,31H,9-10,16-19H2,1-8H3/t24-,28-,29-,31+,32-/m1/s1. The van der Waals surface area contributed by atoms with E-state index in [1.165, 1.54) is 37.7 Å². The Labute approximate surface area is 225 Å². The van der Waals surface area contributed by atoms with Crippen molar-refractivity contribution in [2.75, 3.05) is 5.33 Å². The summed E-state index contributed by atoms with van der Waals surface area (Å²) in [5.74, 6) is 3.90. The summed E-state index contributed by atoms with van der Waals surface area (Å²) in [5.41, 5.74) is 6.90. The lowest BCUT2D eigenvalue weighted by atomic mass is 9.55. The smallest absolute Gasteiger partial charge is 0.258 e. The van der Waals surface area contributed by atoms with E-state index in [1.807, 2.05) is 0 Å². The Morgan fingerprint density at radius 3 is 2.37 bits per heavy atom. The van der Waals surface area contributed by atoms with E-state index in [9.17, 15) is 0 Å². The van der Waals surface area contributed by atoms with Gasteiger partial charge in [-0.3, -0.25) is 0 Å². The van der Waals surface area contributed by atoms with Gasteiger partial charge in [0.25, 0.3) is 8.32 Å². The number of hydrogen-bond donors (Lipinski definition) is 0. The highest BCUT2D eigenvalue weighted by Crippen LogP contribution is 2.62. The molecule has 35 heavy (non-hydrogen) atoms. The quantitative estimate of drug-likeness (QED) is 0.167. The van der Waals surface area contributed by atoms with Crippen LogP contribution in [0, 0.1) is 23.2 Å². The van der Waals surface area contributed by atoms with Gasteiger partial charge in [0.15, 0.2) is 0 Å². The Bertz CT molecular complexity index is 939. The highest BCUT2D eigenvalue weighted by atomic mass is 79.9. The minimum absolute atomic E-state index is 0.384. The molecule has 0 amide bonds. The third-order valence-corrected chi connectivity index (χ3v) is 16.8. The highest BCUT2D eigenvalue weighted by Gasteiger charge is 2.52. The van der Waals surface area contributed by atoms with Gasteiger partial charge in [-0.15, -0.1) is 0 Å². The van der Waals surface area contributed by atoms with Crippen molar-refractivity contribution in [1.82, 2.24) is 0 Å². The minimum Gasteiger partial charge on any atom is -0.543 e. The molecule has 0 heterocycles. The van der Waals surface area contributed by atoms with Crippen molar-refractivity contribution in [3.8, 4) is 5.75 Å². The Hall–Kier alpha value is -0.803. The van der Waals surface area contributed by atoms with Gasteiger partial charge in [-0.25, -0.2) is 0 Å². The molecule has 0 N–H and O–H groups in total. The van der Waals surface area contributed by atoms with E-state index >= 15 is 0 Å². The van der Waals surface area contributed by atoms with Gasteiger partial charge < -0.3 is 4.43 Å². The summed E-state index contributed by atoms with van der Waals surface area (Å²) in [6.07, 6.45) is 14.1. The Morgan fingerprint density at radius 2 is 1.74 bits per heavy atom. The molecule has 3 aliphatic rings. The summed E-state index contributed by atoms with van der Waals surface area (Å²) in [5, 5.41) is 1.12. The van der Waals surface area contributed by atoms with Crippen molar-refractivity contribution >= 4 is 30.3 Å². The van der Waals surface area contributed by atoms with E-state index in [0.29, 0.717) is 39.8 Å². The number of rotatable bonds is 9. The maximum Gasteiger partial charge on any atom is 0.258 e. The van der Waals surface area contributed by atoms with Crippen LogP contribution in [0.4, 0.5) is 0 Å². The molecule has 1 fully saturated rings. The number of fused-ring (bicyclic) bond motifs is 5. The van der Waals surface area contributed by atoms with Crippen molar-refractivity contribution in [1.29, 1.82) is 0 Å². The van der Waals surface area contributed by atoms with Crippen LogP contribution in [0.2, 0.25) is 16.6 Å². The Morgan fingerprint density at radius 1 is 1.06 bits per heavy atom. The average Bonchev–Trinajstić information content (AvgIpc) is 3.17. The predicted octanol–water partition coefficient (Wildman–Crippen LogP) is 10.5. The van der Waals surface area contributed by atoms with Gasteiger partial charge in [-0.05, 0) is 101 Å². The van der Waals surface area contributed by atoms with Crippen molar-refractivity contribution in [2.24, 2.45) is 23.2 Å². The second-order valence-corrected chi connectivity index (χ2v) is 19.1. The fourth-order valence-corrected chi connectivity index (χ4v) is 14.2. The monoisotopic (exact) mass is 556 g/mol.